The maximum atomic E-state index is 12.6. The number of carbonyl (C=O) groups excluding carboxylic acids is 3. The van der Waals surface area contributed by atoms with Gasteiger partial charge in [-0.2, -0.15) is 0 Å². The van der Waals surface area contributed by atoms with Gasteiger partial charge in [-0.25, -0.2) is 0 Å². The first-order valence-corrected chi connectivity index (χ1v) is 8.71. The van der Waals surface area contributed by atoms with E-state index in [9.17, 15) is 14.4 Å². The Labute approximate surface area is 158 Å². The van der Waals surface area contributed by atoms with E-state index in [1.54, 1.807) is 13.1 Å². The molecule has 27 heavy (non-hydrogen) atoms. The van der Waals surface area contributed by atoms with Crippen LogP contribution in [0.2, 0.25) is 0 Å². The fourth-order valence-electron chi connectivity index (χ4n) is 3.13. The number of carbonyl (C=O) groups is 3. The first kappa shape index (κ1) is 18.6. The third kappa shape index (κ3) is 3.69. The summed E-state index contributed by atoms with van der Waals surface area (Å²) < 4.78 is 5.74. The topological polar surface area (TPSA) is 66.9 Å². The molecule has 0 saturated heterocycles. The lowest BCUT2D eigenvalue weighted by Gasteiger charge is -2.18. The average Bonchev–Trinajstić information content (AvgIpc) is 2.84. The van der Waals surface area contributed by atoms with Crippen LogP contribution in [-0.2, 0) is 0 Å². The highest BCUT2D eigenvalue weighted by Crippen LogP contribution is 2.23. The second-order valence-electron chi connectivity index (χ2n) is 6.83. The highest BCUT2D eigenvalue weighted by atomic mass is 16.5. The van der Waals surface area contributed by atoms with Crippen molar-refractivity contribution < 1.29 is 19.1 Å². The molecule has 0 atom stereocenters. The van der Waals surface area contributed by atoms with E-state index in [0.717, 1.165) is 21.8 Å². The number of ether oxygens (including phenoxy) is 1. The van der Waals surface area contributed by atoms with E-state index in [1.807, 2.05) is 26.0 Å². The normalized spacial score (nSPS) is 13.0. The summed E-state index contributed by atoms with van der Waals surface area (Å²) in [4.78, 5) is 39.3. The minimum Gasteiger partial charge on any atom is -0.492 e. The Bertz CT molecular complexity index is 916. The number of rotatable bonds is 5. The zero-order chi connectivity index (χ0) is 19.7. The first-order chi connectivity index (χ1) is 12.8. The Morgan fingerprint density at radius 3 is 2.30 bits per heavy atom. The van der Waals surface area contributed by atoms with Crippen molar-refractivity contribution in [2.45, 2.75) is 13.8 Å². The number of amides is 3. The van der Waals surface area contributed by atoms with Crippen molar-refractivity contribution in [3.63, 3.8) is 0 Å². The Balaban J connectivity index is 1.64. The first-order valence-electron chi connectivity index (χ1n) is 8.71. The standard InChI is InChI=1S/C21H22N2O4/c1-13-9-14(2)11-16(10-13)27-8-7-22(3)19(24)15-5-6-17-18(12-15)21(26)23(4)20(17)25/h5-6,9-12H,7-8H2,1-4H3. The Hall–Kier alpha value is -3.15. The van der Waals surface area contributed by atoms with Crippen LogP contribution in [0.25, 0.3) is 0 Å². The summed E-state index contributed by atoms with van der Waals surface area (Å²) in [6, 6.07) is 10.6. The van der Waals surface area contributed by atoms with E-state index >= 15 is 0 Å². The number of nitrogens with zero attached hydrogens (tertiary/aromatic N) is 2. The van der Waals surface area contributed by atoms with Crippen LogP contribution in [0.4, 0.5) is 0 Å². The van der Waals surface area contributed by atoms with Crippen LogP contribution >= 0.6 is 0 Å². The molecule has 1 heterocycles. The highest BCUT2D eigenvalue weighted by Gasteiger charge is 2.33. The molecule has 3 amide bonds. The van der Waals surface area contributed by atoms with Crippen LogP contribution < -0.4 is 4.74 Å². The molecule has 6 heteroatoms. The van der Waals surface area contributed by atoms with Gasteiger partial charge in [-0.3, -0.25) is 19.3 Å². The minimum absolute atomic E-state index is 0.225. The van der Waals surface area contributed by atoms with Gasteiger partial charge in [0.1, 0.15) is 12.4 Å². The van der Waals surface area contributed by atoms with Crippen LogP contribution in [-0.4, -0.2) is 54.8 Å². The largest absolute Gasteiger partial charge is 0.492 e. The van der Waals surface area contributed by atoms with Gasteiger partial charge in [0.15, 0.2) is 0 Å². The Kier molecular flexibility index (Phi) is 4.99. The monoisotopic (exact) mass is 366 g/mol. The van der Waals surface area contributed by atoms with Gasteiger partial charge in [0.25, 0.3) is 17.7 Å². The third-order valence-electron chi connectivity index (χ3n) is 4.57. The predicted octanol–water partition coefficient (Wildman–Crippen LogP) is 2.68. The molecular weight excluding hydrogens is 344 g/mol. The Morgan fingerprint density at radius 1 is 1.00 bits per heavy atom. The molecule has 0 N–H and O–H groups in total. The van der Waals surface area contributed by atoms with Gasteiger partial charge in [-0.05, 0) is 55.3 Å². The maximum absolute atomic E-state index is 12.6. The quantitative estimate of drug-likeness (QED) is 0.763. The number of aryl methyl sites for hydroxylation is 2. The number of hydrogen-bond acceptors (Lipinski definition) is 4. The zero-order valence-electron chi connectivity index (χ0n) is 15.9. The number of likely N-dealkylation sites (N-methyl/N-ethyl adjacent to an activating group) is 1. The van der Waals surface area contributed by atoms with Gasteiger partial charge in [0.05, 0.1) is 17.7 Å². The molecule has 2 aromatic rings. The lowest BCUT2D eigenvalue weighted by atomic mass is 10.1. The van der Waals surface area contributed by atoms with E-state index in [0.29, 0.717) is 24.3 Å². The van der Waals surface area contributed by atoms with Gasteiger partial charge >= 0.3 is 0 Å². The third-order valence-corrected chi connectivity index (χ3v) is 4.57. The number of fused-ring (bicyclic) bond motifs is 1. The zero-order valence-corrected chi connectivity index (χ0v) is 15.9. The molecule has 0 bridgehead atoms. The van der Waals surface area contributed by atoms with Gasteiger partial charge in [0, 0.05) is 19.7 Å². The molecule has 1 aliphatic rings. The minimum atomic E-state index is -0.384. The molecule has 140 valence electrons. The highest BCUT2D eigenvalue weighted by molar-refractivity contribution is 6.21. The molecule has 0 spiro atoms. The SMILES string of the molecule is Cc1cc(C)cc(OCCN(C)C(=O)c2ccc3c(c2)C(=O)N(C)C3=O)c1. The second-order valence-corrected chi connectivity index (χ2v) is 6.83. The fraction of sp³-hybridized carbons (Fsp3) is 0.286. The molecule has 6 nitrogen and oxygen atoms in total. The molecule has 0 aliphatic carbocycles. The molecule has 0 saturated carbocycles. The molecule has 0 aromatic heterocycles. The van der Waals surface area contributed by atoms with E-state index in [4.69, 9.17) is 4.74 Å². The van der Waals surface area contributed by atoms with Crippen molar-refractivity contribution in [3.8, 4) is 5.75 Å². The van der Waals surface area contributed by atoms with E-state index in [2.05, 4.69) is 6.07 Å². The molecule has 3 rings (SSSR count). The molecule has 0 unspecified atom stereocenters. The van der Waals surface area contributed by atoms with Crippen LogP contribution in [0.1, 0.15) is 42.2 Å². The van der Waals surface area contributed by atoms with Crippen molar-refractivity contribution in [1.82, 2.24) is 9.80 Å². The van der Waals surface area contributed by atoms with Crippen LogP contribution in [0.15, 0.2) is 36.4 Å². The molecule has 0 radical (unpaired) electrons. The van der Waals surface area contributed by atoms with Gasteiger partial charge in [0.2, 0.25) is 0 Å². The summed E-state index contributed by atoms with van der Waals surface area (Å²) in [6.07, 6.45) is 0. The summed E-state index contributed by atoms with van der Waals surface area (Å²) in [6.45, 7) is 4.77. The van der Waals surface area contributed by atoms with Crippen molar-refractivity contribution in [2.75, 3.05) is 27.2 Å². The van der Waals surface area contributed by atoms with Gasteiger partial charge in [-0.1, -0.05) is 6.07 Å². The summed E-state index contributed by atoms with van der Waals surface area (Å²) in [5.74, 6) is -0.177. The molecule has 0 fully saturated rings. The summed E-state index contributed by atoms with van der Waals surface area (Å²) in [7, 11) is 3.11. The predicted molar refractivity (Wildman–Crippen MR) is 101 cm³/mol. The fourth-order valence-corrected chi connectivity index (χ4v) is 3.13. The van der Waals surface area contributed by atoms with Crippen LogP contribution in [0.3, 0.4) is 0 Å². The second kappa shape index (κ2) is 7.23. The summed E-state index contributed by atoms with van der Waals surface area (Å²) in [5.41, 5.74) is 3.22. The van der Waals surface area contributed by atoms with Crippen molar-refractivity contribution in [1.29, 1.82) is 0 Å². The van der Waals surface area contributed by atoms with Crippen LogP contribution in [0.5, 0.6) is 5.75 Å². The molecule has 2 aromatic carbocycles. The van der Waals surface area contributed by atoms with E-state index < -0.39 is 0 Å². The van der Waals surface area contributed by atoms with Crippen LogP contribution in [0, 0.1) is 13.8 Å². The molecular formula is C21H22N2O4. The van der Waals surface area contributed by atoms with E-state index in [1.165, 1.54) is 24.1 Å². The smallest absolute Gasteiger partial charge is 0.261 e. The average molecular weight is 366 g/mol. The van der Waals surface area contributed by atoms with Crippen molar-refractivity contribution in [2.24, 2.45) is 0 Å². The Morgan fingerprint density at radius 2 is 1.63 bits per heavy atom. The lowest BCUT2D eigenvalue weighted by molar-refractivity contribution is 0.0692. The van der Waals surface area contributed by atoms with E-state index in [-0.39, 0.29) is 23.3 Å². The molecule has 1 aliphatic heterocycles. The van der Waals surface area contributed by atoms with Gasteiger partial charge < -0.3 is 9.64 Å². The summed E-state index contributed by atoms with van der Waals surface area (Å²) in [5, 5.41) is 0. The van der Waals surface area contributed by atoms with Gasteiger partial charge in [-0.15, -0.1) is 0 Å². The van der Waals surface area contributed by atoms with Crippen molar-refractivity contribution >= 4 is 17.7 Å². The van der Waals surface area contributed by atoms with Crippen molar-refractivity contribution in [3.05, 3.63) is 64.2 Å². The number of imide groups is 1. The lowest BCUT2D eigenvalue weighted by Crippen LogP contribution is -2.31. The number of hydrogen-bond donors (Lipinski definition) is 0. The summed E-state index contributed by atoms with van der Waals surface area (Å²) >= 11 is 0. The maximum Gasteiger partial charge on any atom is 0.261 e. The number of benzene rings is 2.